The number of amides is 1. The molecule has 0 N–H and O–H groups in total. The van der Waals surface area contributed by atoms with Crippen LogP contribution in [0.5, 0.6) is 11.5 Å². The largest absolute Gasteiger partial charge is 0.493 e. The lowest BCUT2D eigenvalue weighted by atomic mass is 10.0. The highest BCUT2D eigenvalue weighted by Crippen LogP contribution is 2.32. The SMILES string of the molecule is [CH2]CC(=O)N1CCc2cc(OC)c(OC)cc2CC1. The molecule has 0 spiro atoms. The summed E-state index contributed by atoms with van der Waals surface area (Å²) in [5, 5.41) is 0. The molecular weight excluding hydrogens is 242 g/mol. The zero-order valence-corrected chi connectivity index (χ0v) is 11.6. The highest BCUT2D eigenvalue weighted by Gasteiger charge is 2.19. The molecule has 4 nitrogen and oxygen atoms in total. The summed E-state index contributed by atoms with van der Waals surface area (Å²) in [7, 11) is 3.28. The van der Waals surface area contributed by atoms with E-state index in [4.69, 9.17) is 9.47 Å². The quantitative estimate of drug-likeness (QED) is 0.834. The van der Waals surface area contributed by atoms with Crippen LogP contribution in [-0.4, -0.2) is 38.1 Å². The summed E-state index contributed by atoms with van der Waals surface area (Å²) in [5.41, 5.74) is 2.47. The summed E-state index contributed by atoms with van der Waals surface area (Å²) < 4.78 is 10.6. The standard InChI is InChI=1S/C15H20NO3/c1-4-15(17)16-7-5-11-9-13(18-2)14(19-3)10-12(11)6-8-16/h9-10H,1,4-8H2,2-3H3. The van der Waals surface area contributed by atoms with E-state index in [9.17, 15) is 4.79 Å². The number of hydrogen-bond donors (Lipinski definition) is 0. The Bertz CT molecular complexity index is 436. The van der Waals surface area contributed by atoms with Crippen LogP contribution in [0.25, 0.3) is 0 Å². The lowest BCUT2D eigenvalue weighted by molar-refractivity contribution is -0.130. The van der Waals surface area contributed by atoms with Gasteiger partial charge in [0.1, 0.15) is 0 Å². The fraction of sp³-hybridized carbons (Fsp3) is 0.467. The van der Waals surface area contributed by atoms with Crippen molar-refractivity contribution in [1.29, 1.82) is 0 Å². The van der Waals surface area contributed by atoms with E-state index in [-0.39, 0.29) is 5.91 Å². The number of benzene rings is 1. The van der Waals surface area contributed by atoms with Gasteiger partial charge in [0.25, 0.3) is 0 Å². The number of methoxy groups -OCH3 is 2. The molecule has 19 heavy (non-hydrogen) atoms. The van der Waals surface area contributed by atoms with Crippen LogP contribution in [0.2, 0.25) is 0 Å². The molecule has 2 rings (SSSR count). The summed E-state index contributed by atoms with van der Waals surface area (Å²) in [6.45, 7) is 5.16. The molecule has 1 amide bonds. The number of ether oxygens (including phenoxy) is 2. The van der Waals surface area contributed by atoms with Crippen molar-refractivity contribution in [3.05, 3.63) is 30.2 Å². The maximum absolute atomic E-state index is 11.7. The van der Waals surface area contributed by atoms with Crippen LogP contribution in [0.15, 0.2) is 12.1 Å². The molecule has 0 atom stereocenters. The topological polar surface area (TPSA) is 38.8 Å². The van der Waals surface area contributed by atoms with Crippen LogP contribution < -0.4 is 9.47 Å². The maximum atomic E-state index is 11.7. The van der Waals surface area contributed by atoms with Crippen LogP contribution >= 0.6 is 0 Å². The van der Waals surface area contributed by atoms with Crippen molar-refractivity contribution in [1.82, 2.24) is 4.90 Å². The Hall–Kier alpha value is -1.71. The van der Waals surface area contributed by atoms with E-state index in [0.717, 1.165) is 37.4 Å². The predicted octanol–water partition coefficient (Wildman–Crippen LogP) is 1.86. The third-order valence-corrected chi connectivity index (χ3v) is 3.57. The second kappa shape index (κ2) is 5.95. The van der Waals surface area contributed by atoms with E-state index in [1.165, 1.54) is 11.1 Å². The molecule has 0 saturated carbocycles. The molecule has 1 aromatic carbocycles. The van der Waals surface area contributed by atoms with E-state index in [0.29, 0.717) is 6.42 Å². The van der Waals surface area contributed by atoms with Crippen molar-refractivity contribution in [3.63, 3.8) is 0 Å². The summed E-state index contributed by atoms with van der Waals surface area (Å²) >= 11 is 0. The van der Waals surface area contributed by atoms with Crippen LogP contribution in [0.3, 0.4) is 0 Å². The summed E-state index contributed by atoms with van der Waals surface area (Å²) in [5.74, 6) is 1.61. The van der Waals surface area contributed by atoms with Crippen LogP contribution in [0.4, 0.5) is 0 Å². The van der Waals surface area contributed by atoms with Gasteiger partial charge in [-0.2, -0.15) is 0 Å². The normalized spacial score (nSPS) is 14.6. The second-order valence-corrected chi connectivity index (χ2v) is 4.61. The Morgan fingerprint density at radius 2 is 1.63 bits per heavy atom. The lowest BCUT2D eigenvalue weighted by Gasteiger charge is -2.19. The first-order valence-electron chi connectivity index (χ1n) is 6.50. The van der Waals surface area contributed by atoms with E-state index < -0.39 is 0 Å². The third kappa shape index (κ3) is 2.83. The minimum atomic E-state index is 0.117. The van der Waals surface area contributed by atoms with Crippen molar-refractivity contribution in [3.8, 4) is 11.5 Å². The van der Waals surface area contributed by atoms with Crippen molar-refractivity contribution >= 4 is 5.91 Å². The molecule has 1 heterocycles. The van der Waals surface area contributed by atoms with Gasteiger partial charge in [-0.1, -0.05) is 0 Å². The summed E-state index contributed by atoms with van der Waals surface area (Å²) in [6, 6.07) is 4.04. The summed E-state index contributed by atoms with van der Waals surface area (Å²) in [4.78, 5) is 13.6. The molecule has 1 radical (unpaired) electrons. The highest BCUT2D eigenvalue weighted by atomic mass is 16.5. The monoisotopic (exact) mass is 262 g/mol. The number of fused-ring (bicyclic) bond motifs is 1. The average Bonchev–Trinajstić information content (AvgIpc) is 2.66. The van der Waals surface area contributed by atoms with Crippen molar-refractivity contribution in [2.24, 2.45) is 0 Å². The Morgan fingerprint density at radius 1 is 1.16 bits per heavy atom. The second-order valence-electron chi connectivity index (χ2n) is 4.61. The smallest absolute Gasteiger partial charge is 0.222 e. The molecule has 103 valence electrons. The zero-order chi connectivity index (χ0) is 13.8. The van der Waals surface area contributed by atoms with Gasteiger partial charge in [0.15, 0.2) is 11.5 Å². The van der Waals surface area contributed by atoms with Crippen molar-refractivity contribution in [2.45, 2.75) is 19.3 Å². The first kappa shape index (κ1) is 13.7. The third-order valence-electron chi connectivity index (χ3n) is 3.57. The maximum Gasteiger partial charge on any atom is 0.222 e. The van der Waals surface area contributed by atoms with Gasteiger partial charge in [0.05, 0.1) is 14.2 Å². The molecule has 1 aliphatic rings. The van der Waals surface area contributed by atoms with Gasteiger partial charge in [0, 0.05) is 19.5 Å². The first-order chi connectivity index (χ1) is 9.19. The molecular formula is C15H20NO3. The molecule has 0 saturated heterocycles. The van der Waals surface area contributed by atoms with Gasteiger partial charge in [-0.3, -0.25) is 4.79 Å². The molecule has 0 aromatic heterocycles. The van der Waals surface area contributed by atoms with E-state index >= 15 is 0 Å². The number of nitrogens with zero attached hydrogens (tertiary/aromatic N) is 1. The first-order valence-corrected chi connectivity index (χ1v) is 6.50. The van der Waals surface area contributed by atoms with Gasteiger partial charge >= 0.3 is 0 Å². The van der Waals surface area contributed by atoms with Crippen LogP contribution in [0.1, 0.15) is 17.5 Å². The number of hydrogen-bond acceptors (Lipinski definition) is 3. The van der Waals surface area contributed by atoms with Gasteiger partial charge in [0.2, 0.25) is 5.91 Å². The van der Waals surface area contributed by atoms with Gasteiger partial charge < -0.3 is 14.4 Å². The Labute approximate surface area is 114 Å². The highest BCUT2D eigenvalue weighted by molar-refractivity contribution is 5.76. The number of rotatable bonds is 3. The molecule has 4 heteroatoms. The molecule has 0 unspecified atom stereocenters. The lowest BCUT2D eigenvalue weighted by Crippen LogP contribution is -2.32. The number of carbonyl (C=O) groups excluding carboxylic acids is 1. The Balaban J connectivity index is 2.25. The summed E-state index contributed by atoms with van der Waals surface area (Å²) in [6.07, 6.45) is 2.02. The average molecular weight is 262 g/mol. The van der Waals surface area contributed by atoms with E-state index in [2.05, 4.69) is 6.92 Å². The van der Waals surface area contributed by atoms with Crippen molar-refractivity contribution in [2.75, 3.05) is 27.3 Å². The molecule has 0 aliphatic carbocycles. The Kier molecular flexibility index (Phi) is 4.30. The van der Waals surface area contributed by atoms with Crippen molar-refractivity contribution < 1.29 is 14.3 Å². The van der Waals surface area contributed by atoms with Crippen LogP contribution in [-0.2, 0) is 17.6 Å². The van der Waals surface area contributed by atoms with E-state index in [1.54, 1.807) is 14.2 Å². The fourth-order valence-electron chi connectivity index (χ4n) is 2.46. The minimum Gasteiger partial charge on any atom is -0.493 e. The van der Waals surface area contributed by atoms with Crippen LogP contribution in [0, 0.1) is 6.92 Å². The molecule has 0 fully saturated rings. The fourth-order valence-corrected chi connectivity index (χ4v) is 2.46. The van der Waals surface area contributed by atoms with E-state index in [1.807, 2.05) is 17.0 Å². The minimum absolute atomic E-state index is 0.117. The molecule has 1 aliphatic heterocycles. The van der Waals surface area contributed by atoms with Gasteiger partial charge in [-0.25, -0.2) is 0 Å². The van der Waals surface area contributed by atoms with Gasteiger partial charge in [-0.15, -0.1) is 0 Å². The van der Waals surface area contributed by atoms with Gasteiger partial charge in [-0.05, 0) is 43.0 Å². The predicted molar refractivity (Wildman–Crippen MR) is 73.5 cm³/mol. The molecule has 1 aromatic rings. The molecule has 0 bridgehead atoms. The Morgan fingerprint density at radius 3 is 2.00 bits per heavy atom. The zero-order valence-electron chi connectivity index (χ0n) is 11.6. The number of carbonyl (C=O) groups is 1.